The predicted molar refractivity (Wildman–Crippen MR) is 71.2 cm³/mol. The maximum absolute atomic E-state index is 5.17. The highest BCUT2D eigenvalue weighted by Crippen LogP contribution is 1.98. The summed E-state index contributed by atoms with van der Waals surface area (Å²) < 4.78 is 0. The first kappa shape index (κ1) is 13.0. The largest absolute Gasteiger partial charge is 0.361 e. The minimum absolute atomic E-state index is 0.627. The first-order valence-electron chi connectivity index (χ1n) is 5.71. The van der Waals surface area contributed by atoms with Crippen molar-refractivity contribution in [3.8, 4) is 0 Å². The SMILES string of the molecule is CCCCCNC(=S)Nn1nc(C)cc1C. The highest BCUT2D eigenvalue weighted by molar-refractivity contribution is 7.80. The Labute approximate surface area is 102 Å². The van der Waals surface area contributed by atoms with Crippen LogP contribution in [0, 0.1) is 13.8 Å². The summed E-state index contributed by atoms with van der Waals surface area (Å²) in [6.07, 6.45) is 3.60. The predicted octanol–water partition coefficient (Wildman–Crippen LogP) is 2.11. The van der Waals surface area contributed by atoms with Gasteiger partial charge in [0.05, 0.1) is 11.4 Å². The van der Waals surface area contributed by atoms with Crippen LogP contribution in [0.5, 0.6) is 0 Å². The molecule has 0 unspecified atom stereocenters. The van der Waals surface area contributed by atoms with Crippen molar-refractivity contribution < 1.29 is 0 Å². The molecule has 0 fully saturated rings. The van der Waals surface area contributed by atoms with Crippen molar-refractivity contribution in [2.45, 2.75) is 40.0 Å². The zero-order chi connectivity index (χ0) is 12.0. The second kappa shape index (κ2) is 6.48. The van der Waals surface area contributed by atoms with Crippen LogP contribution < -0.4 is 10.7 Å². The Hall–Kier alpha value is -1.10. The zero-order valence-electron chi connectivity index (χ0n) is 10.2. The van der Waals surface area contributed by atoms with Crippen LogP contribution in [0.3, 0.4) is 0 Å². The number of unbranched alkanes of at least 4 members (excludes halogenated alkanes) is 2. The number of thiocarbonyl (C=S) groups is 1. The summed E-state index contributed by atoms with van der Waals surface area (Å²) in [5, 5.41) is 8.06. The summed E-state index contributed by atoms with van der Waals surface area (Å²) in [5.74, 6) is 0. The molecule has 0 bridgehead atoms. The molecule has 16 heavy (non-hydrogen) atoms. The summed E-state index contributed by atoms with van der Waals surface area (Å²) in [7, 11) is 0. The van der Waals surface area contributed by atoms with Gasteiger partial charge in [0.1, 0.15) is 0 Å². The lowest BCUT2D eigenvalue weighted by atomic mass is 10.2. The van der Waals surface area contributed by atoms with Crippen molar-refractivity contribution in [1.29, 1.82) is 0 Å². The monoisotopic (exact) mass is 240 g/mol. The Balaban J connectivity index is 2.31. The zero-order valence-corrected chi connectivity index (χ0v) is 11.0. The third kappa shape index (κ3) is 4.18. The standard InChI is InChI=1S/C11H20N4S/c1-4-5-6-7-12-11(16)14-15-10(3)8-9(2)13-15/h8H,4-7H2,1-3H3,(H2,12,14,16). The molecule has 1 rings (SSSR count). The van der Waals surface area contributed by atoms with E-state index in [4.69, 9.17) is 12.2 Å². The smallest absolute Gasteiger partial charge is 0.186 e. The summed E-state index contributed by atoms with van der Waals surface area (Å²) in [5.41, 5.74) is 5.07. The van der Waals surface area contributed by atoms with E-state index < -0.39 is 0 Å². The Morgan fingerprint density at radius 1 is 1.44 bits per heavy atom. The van der Waals surface area contributed by atoms with Crippen LogP contribution in [0.15, 0.2) is 6.07 Å². The highest BCUT2D eigenvalue weighted by Gasteiger charge is 2.01. The number of hydrogen-bond acceptors (Lipinski definition) is 2. The second-order valence-electron chi connectivity index (χ2n) is 3.91. The van der Waals surface area contributed by atoms with Crippen LogP contribution in [0.2, 0.25) is 0 Å². The van der Waals surface area contributed by atoms with E-state index in [2.05, 4.69) is 22.8 Å². The van der Waals surface area contributed by atoms with Gasteiger partial charge in [-0.25, -0.2) is 0 Å². The van der Waals surface area contributed by atoms with Gasteiger partial charge in [0.15, 0.2) is 5.11 Å². The van der Waals surface area contributed by atoms with Crippen LogP contribution in [-0.2, 0) is 0 Å². The van der Waals surface area contributed by atoms with Gasteiger partial charge in [0.25, 0.3) is 0 Å². The Morgan fingerprint density at radius 2 is 2.19 bits per heavy atom. The number of aromatic nitrogens is 2. The minimum Gasteiger partial charge on any atom is -0.361 e. The number of rotatable bonds is 5. The molecule has 0 aliphatic rings. The maximum Gasteiger partial charge on any atom is 0.186 e. The molecule has 1 heterocycles. The molecule has 0 radical (unpaired) electrons. The molecule has 0 atom stereocenters. The van der Waals surface area contributed by atoms with Crippen LogP contribution >= 0.6 is 12.2 Å². The van der Waals surface area contributed by atoms with Crippen molar-refractivity contribution >= 4 is 17.3 Å². The van der Waals surface area contributed by atoms with Crippen molar-refractivity contribution in [2.75, 3.05) is 12.0 Å². The Bertz CT molecular complexity index is 346. The number of hydrogen-bond donors (Lipinski definition) is 2. The number of aryl methyl sites for hydroxylation is 2. The summed E-state index contributed by atoms with van der Waals surface area (Å²) in [4.78, 5) is 1.70. The molecule has 2 N–H and O–H groups in total. The van der Waals surface area contributed by atoms with E-state index in [1.807, 2.05) is 19.9 Å². The summed E-state index contributed by atoms with van der Waals surface area (Å²) in [6, 6.07) is 2.01. The molecule has 1 aromatic heterocycles. The lowest BCUT2D eigenvalue weighted by molar-refractivity contribution is 0.690. The molecule has 0 saturated carbocycles. The van der Waals surface area contributed by atoms with Crippen LogP contribution in [0.1, 0.15) is 37.6 Å². The average molecular weight is 240 g/mol. The fourth-order valence-electron chi connectivity index (χ4n) is 1.45. The van der Waals surface area contributed by atoms with Crippen LogP contribution in [0.25, 0.3) is 0 Å². The van der Waals surface area contributed by atoms with Gasteiger partial charge in [-0.3, -0.25) is 5.43 Å². The Kier molecular flexibility index (Phi) is 5.25. The van der Waals surface area contributed by atoms with Gasteiger partial charge in [-0.05, 0) is 38.6 Å². The van der Waals surface area contributed by atoms with Gasteiger partial charge in [-0.1, -0.05) is 19.8 Å². The molecule has 90 valence electrons. The third-order valence-corrected chi connectivity index (χ3v) is 2.52. The van der Waals surface area contributed by atoms with Gasteiger partial charge in [-0.15, -0.1) is 0 Å². The molecule has 0 aliphatic heterocycles. The fraction of sp³-hybridized carbons (Fsp3) is 0.636. The van der Waals surface area contributed by atoms with E-state index in [1.165, 1.54) is 12.8 Å². The molecule has 1 aromatic rings. The van der Waals surface area contributed by atoms with Crippen molar-refractivity contribution in [1.82, 2.24) is 15.2 Å². The average Bonchev–Trinajstić information content (AvgIpc) is 2.52. The lowest BCUT2D eigenvalue weighted by Crippen LogP contribution is -2.35. The first-order chi connectivity index (χ1) is 7.63. The van der Waals surface area contributed by atoms with Gasteiger partial charge in [0, 0.05) is 6.54 Å². The molecule has 0 saturated heterocycles. The lowest BCUT2D eigenvalue weighted by Gasteiger charge is -2.11. The molecule has 0 aliphatic carbocycles. The number of nitrogens with one attached hydrogen (secondary N) is 2. The third-order valence-electron chi connectivity index (χ3n) is 2.28. The van der Waals surface area contributed by atoms with Crippen molar-refractivity contribution in [2.24, 2.45) is 0 Å². The van der Waals surface area contributed by atoms with E-state index in [1.54, 1.807) is 4.79 Å². The maximum atomic E-state index is 5.17. The minimum atomic E-state index is 0.627. The molecule has 0 spiro atoms. The van der Waals surface area contributed by atoms with E-state index >= 15 is 0 Å². The normalized spacial score (nSPS) is 10.2. The summed E-state index contributed by atoms with van der Waals surface area (Å²) >= 11 is 5.17. The van der Waals surface area contributed by atoms with Crippen LogP contribution in [-0.4, -0.2) is 21.5 Å². The molecule has 0 amide bonds. The molecular weight excluding hydrogens is 220 g/mol. The molecular formula is C11H20N4S. The number of nitrogens with zero attached hydrogens (tertiary/aromatic N) is 2. The fourth-order valence-corrected chi connectivity index (χ4v) is 1.64. The topological polar surface area (TPSA) is 41.9 Å². The van der Waals surface area contributed by atoms with Crippen molar-refractivity contribution in [3.05, 3.63) is 17.5 Å². The molecule has 5 heteroatoms. The van der Waals surface area contributed by atoms with E-state index in [9.17, 15) is 0 Å². The van der Waals surface area contributed by atoms with Crippen LogP contribution in [0.4, 0.5) is 0 Å². The van der Waals surface area contributed by atoms with Crippen molar-refractivity contribution in [3.63, 3.8) is 0 Å². The Morgan fingerprint density at radius 3 is 2.75 bits per heavy atom. The molecule has 0 aromatic carbocycles. The van der Waals surface area contributed by atoms with E-state index in [0.29, 0.717) is 5.11 Å². The van der Waals surface area contributed by atoms with E-state index in [-0.39, 0.29) is 0 Å². The summed E-state index contributed by atoms with van der Waals surface area (Å²) in [6.45, 7) is 7.06. The van der Waals surface area contributed by atoms with Gasteiger partial charge >= 0.3 is 0 Å². The molecule has 4 nitrogen and oxygen atoms in total. The van der Waals surface area contributed by atoms with Gasteiger partial charge in [0.2, 0.25) is 0 Å². The second-order valence-corrected chi connectivity index (χ2v) is 4.32. The van der Waals surface area contributed by atoms with E-state index in [0.717, 1.165) is 24.4 Å². The highest BCUT2D eigenvalue weighted by atomic mass is 32.1. The van der Waals surface area contributed by atoms with Gasteiger partial charge in [-0.2, -0.15) is 9.89 Å². The first-order valence-corrected chi connectivity index (χ1v) is 6.12. The van der Waals surface area contributed by atoms with Gasteiger partial charge < -0.3 is 5.32 Å². The quantitative estimate of drug-likeness (QED) is 0.611.